The molecule has 236 valence electrons. The molecule has 0 bridgehead atoms. The Morgan fingerprint density at radius 1 is 0.294 bits per heavy atom. The van der Waals surface area contributed by atoms with Crippen LogP contribution in [-0.2, 0) is 0 Å². The van der Waals surface area contributed by atoms with Crippen molar-refractivity contribution in [1.82, 2.24) is 0 Å². The van der Waals surface area contributed by atoms with Crippen LogP contribution in [0.25, 0.3) is 65.7 Å². The molecule has 0 radical (unpaired) electrons. The molecule has 51 heavy (non-hydrogen) atoms. The van der Waals surface area contributed by atoms with Crippen LogP contribution in [0.5, 0.6) is 23.0 Å². The fourth-order valence-corrected chi connectivity index (χ4v) is 8.54. The largest absolute Gasteiger partial charge is 0.458 e. The summed E-state index contributed by atoms with van der Waals surface area (Å²) < 4.78 is 13.0. The summed E-state index contributed by atoms with van der Waals surface area (Å²) in [6, 6.07) is 63.3. The van der Waals surface area contributed by atoms with E-state index < -0.39 is 0 Å². The highest BCUT2D eigenvalue weighted by Crippen LogP contribution is 2.44. The van der Waals surface area contributed by atoms with Gasteiger partial charge in [0, 0.05) is 5.46 Å². The van der Waals surface area contributed by atoms with E-state index in [0.29, 0.717) is 0 Å². The van der Waals surface area contributed by atoms with E-state index in [-0.39, 0.29) is 6.71 Å². The van der Waals surface area contributed by atoms with Crippen LogP contribution in [0, 0.1) is 0 Å². The lowest BCUT2D eigenvalue weighted by Gasteiger charge is -2.33. The van der Waals surface area contributed by atoms with Crippen molar-refractivity contribution >= 4 is 55.4 Å². The third-order valence-electron chi connectivity index (χ3n) is 10.8. The average molecular weight is 649 g/mol. The SMILES string of the molecule is c1ccc(-c2cc3c4ccccc4c(-c4ccccc4-c4ccc5c(c4)Oc4cccc6c4B5c4ccccc4O6)cc3c3ccccc23)cc1. The Morgan fingerprint density at radius 2 is 0.843 bits per heavy atom. The van der Waals surface area contributed by atoms with Crippen molar-refractivity contribution in [2.24, 2.45) is 0 Å². The Balaban J connectivity index is 1.12. The third kappa shape index (κ3) is 4.25. The zero-order valence-corrected chi connectivity index (χ0v) is 27.6. The summed E-state index contributed by atoms with van der Waals surface area (Å²) in [7, 11) is 0. The van der Waals surface area contributed by atoms with Gasteiger partial charge < -0.3 is 9.47 Å². The second-order valence-corrected chi connectivity index (χ2v) is 13.5. The van der Waals surface area contributed by atoms with E-state index in [2.05, 4.69) is 158 Å². The van der Waals surface area contributed by atoms with Crippen LogP contribution in [0.2, 0.25) is 0 Å². The normalized spacial score (nSPS) is 12.6. The van der Waals surface area contributed by atoms with Gasteiger partial charge in [-0.15, -0.1) is 0 Å². The molecule has 2 heterocycles. The molecule has 11 rings (SSSR count). The number of rotatable bonds is 3. The van der Waals surface area contributed by atoms with Crippen molar-refractivity contribution in [3.8, 4) is 56.4 Å². The first-order chi connectivity index (χ1) is 25.3. The summed E-state index contributed by atoms with van der Waals surface area (Å²) in [6.45, 7) is 0.0488. The average Bonchev–Trinajstić information content (AvgIpc) is 3.20. The highest BCUT2D eigenvalue weighted by molar-refractivity contribution is 6.98. The maximum atomic E-state index is 6.69. The first kappa shape index (κ1) is 28.3. The van der Waals surface area contributed by atoms with Crippen molar-refractivity contribution in [3.63, 3.8) is 0 Å². The van der Waals surface area contributed by atoms with Gasteiger partial charge in [-0.25, -0.2) is 0 Å². The second-order valence-electron chi connectivity index (χ2n) is 13.5. The van der Waals surface area contributed by atoms with Crippen molar-refractivity contribution in [2.45, 2.75) is 0 Å². The predicted molar refractivity (Wildman–Crippen MR) is 213 cm³/mol. The van der Waals surface area contributed by atoms with E-state index in [9.17, 15) is 0 Å². The molecule has 9 aromatic rings. The molecular weight excluding hydrogens is 619 g/mol. The Labute approximate surface area is 296 Å². The van der Waals surface area contributed by atoms with Crippen molar-refractivity contribution in [3.05, 3.63) is 176 Å². The maximum absolute atomic E-state index is 6.69. The molecule has 0 unspecified atom stereocenters. The quantitative estimate of drug-likeness (QED) is 0.140. The lowest BCUT2D eigenvalue weighted by Crippen LogP contribution is -2.57. The molecule has 0 saturated heterocycles. The van der Waals surface area contributed by atoms with Crippen LogP contribution in [-0.4, -0.2) is 6.71 Å². The van der Waals surface area contributed by atoms with Crippen LogP contribution < -0.4 is 25.9 Å². The molecule has 2 nitrogen and oxygen atoms in total. The Kier molecular flexibility index (Phi) is 6.08. The van der Waals surface area contributed by atoms with Crippen molar-refractivity contribution < 1.29 is 9.47 Å². The number of ether oxygens (including phenoxy) is 2. The number of hydrogen-bond donors (Lipinski definition) is 0. The Hall–Kier alpha value is -6.58. The zero-order chi connectivity index (χ0) is 33.5. The first-order valence-corrected chi connectivity index (χ1v) is 17.5. The van der Waals surface area contributed by atoms with Gasteiger partial charge in [0.25, 0.3) is 6.71 Å². The number of fused-ring (bicyclic) bond motifs is 9. The van der Waals surface area contributed by atoms with E-state index in [0.717, 1.165) is 39.5 Å². The van der Waals surface area contributed by atoms with Crippen LogP contribution in [0.1, 0.15) is 0 Å². The number of hydrogen-bond acceptors (Lipinski definition) is 2. The number of para-hydroxylation sites is 1. The zero-order valence-electron chi connectivity index (χ0n) is 27.6. The van der Waals surface area contributed by atoms with Gasteiger partial charge in [-0.05, 0) is 113 Å². The van der Waals surface area contributed by atoms with Gasteiger partial charge in [0.2, 0.25) is 0 Å². The standard InChI is InChI=1S/C48H29BO2/c1-2-13-30(14-3-1)38-28-40-37-20-9-8-19-36(37)39(29-41(40)35-18-7-6-17-34(35)38)33-16-5-4-15-32(33)31-25-26-43-47(27-31)51-46-24-12-23-45-48(46)49(43)42-21-10-11-22-44(42)50-45/h1-29H. The summed E-state index contributed by atoms with van der Waals surface area (Å²) in [6.07, 6.45) is 0. The Morgan fingerprint density at radius 3 is 1.61 bits per heavy atom. The van der Waals surface area contributed by atoms with E-state index >= 15 is 0 Å². The van der Waals surface area contributed by atoms with Crippen molar-refractivity contribution in [2.75, 3.05) is 0 Å². The van der Waals surface area contributed by atoms with E-state index in [1.807, 2.05) is 18.2 Å². The Bertz CT molecular complexity index is 2870. The van der Waals surface area contributed by atoms with Gasteiger partial charge in [0.05, 0.1) is 0 Å². The molecule has 9 aromatic carbocycles. The lowest BCUT2D eigenvalue weighted by molar-refractivity contribution is 0.464. The summed E-state index contributed by atoms with van der Waals surface area (Å²) in [5, 5.41) is 7.53. The van der Waals surface area contributed by atoms with Crippen LogP contribution in [0.15, 0.2) is 176 Å². The molecule has 0 fully saturated rings. The third-order valence-corrected chi connectivity index (χ3v) is 10.8. The van der Waals surface area contributed by atoms with Gasteiger partial charge in [-0.3, -0.25) is 0 Å². The summed E-state index contributed by atoms with van der Waals surface area (Å²) in [4.78, 5) is 0. The minimum absolute atomic E-state index is 0.0488. The summed E-state index contributed by atoms with van der Waals surface area (Å²) in [5.74, 6) is 3.51. The van der Waals surface area contributed by atoms with Gasteiger partial charge in [0.15, 0.2) is 0 Å². The van der Waals surface area contributed by atoms with E-state index in [4.69, 9.17) is 9.47 Å². The highest BCUT2D eigenvalue weighted by Gasteiger charge is 2.39. The lowest BCUT2D eigenvalue weighted by atomic mass is 9.35. The first-order valence-electron chi connectivity index (χ1n) is 17.5. The molecular formula is C48H29BO2. The molecule has 0 spiro atoms. The monoisotopic (exact) mass is 648 g/mol. The summed E-state index contributed by atoms with van der Waals surface area (Å²) in [5.41, 5.74) is 10.6. The smallest absolute Gasteiger partial charge is 0.260 e. The van der Waals surface area contributed by atoms with Gasteiger partial charge in [-0.2, -0.15) is 0 Å². The topological polar surface area (TPSA) is 18.5 Å². The van der Waals surface area contributed by atoms with Gasteiger partial charge in [0.1, 0.15) is 23.0 Å². The fourth-order valence-electron chi connectivity index (χ4n) is 8.54. The van der Waals surface area contributed by atoms with E-state index in [1.165, 1.54) is 65.6 Å². The second kappa shape index (κ2) is 11.0. The summed E-state index contributed by atoms with van der Waals surface area (Å²) >= 11 is 0. The van der Waals surface area contributed by atoms with Gasteiger partial charge in [-0.1, -0.05) is 140 Å². The van der Waals surface area contributed by atoms with Crippen LogP contribution in [0.3, 0.4) is 0 Å². The van der Waals surface area contributed by atoms with E-state index in [1.54, 1.807) is 0 Å². The van der Waals surface area contributed by atoms with Gasteiger partial charge >= 0.3 is 0 Å². The fraction of sp³-hybridized carbons (Fsp3) is 0. The molecule has 3 heteroatoms. The minimum atomic E-state index is 0.0488. The minimum Gasteiger partial charge on any atom is -0.458 e. The van der Waals surface area contributed by atoms with Crippen molar-refractivity contribution in [1.29, 1.82) is 0 Å². The molecule has 0 saturated carbocycles. The van der Waals surface area contributed by atoms with Crippen LogP contribution >= 0.6 is 0 Å². The molecule has 0 aliphatic carbocycles. The molecule has 0 amide bonds. The number of benzene rings is 9. The molecule has 0 aromatic heterocycles. The molecule has 0 atom stereocenters. The highest BCUT2D eigenvalue weighted by atomic mass is 16.5. The van der Waals surface area contributed by atoms with Crippen LogP contribution in [0.4, 0.5) is 0 Å². The molecule has 2 aliphatic rings. The predicted octanol–water partition coefficient (Wildman–Crippen LogP) is 10.9. The maximum Gasteiger partial charge on any atom is 0.260 e. The molecule has 0 N–H and O–H groups in total. The molecule has 2 aliphatic heterocycles.